The Hall–Kier alpha value is -2.35. The molecule has 0 spiro atoms. The van der Waals surface area contributed by atoms with Crippen LogP contribution in [-0.2, 0) is 4.79 Å². The maximum Gasteiger partial charge on any atom is 0.271 e. The fraction of sp³-hybridized carbons (Fsp3) is 0.421. The van der Waals surface area contributed by atoms with E-state index in [9.17, 15) is 18.4 Å². The lowest BCUT2D eigenvalue weighted by molar-refractivity contribution is -0.115. The van der Waals surface area contributed by atoms with Crippen LogP contribution in [0.15, 0.2) is 18.2 Å². The second-order valence-electron chi connectivity index (χ2n) is 7.44. The van der Waals surface area contributed by atoms with Crippen LogP contribution >= 0.6 is 11.3 Å². The molecule has 1 aliphatic carbocycles. The third-order valence-corrected chi connectivity index (χ3v) is 5.89. The molecule has 144 valence electrons. The van der Waals surface area contributed by atoms with E-state index in [-0.39, 0.29) is 33.9 Å². The minimum Gasteiger partial charge on any atom is -0.347 e. The number of nitrogens with one attached hydrogen (secondary N) is 1. The summed E-state index contributed by atoms with van der Waals surface area (Å²) in [4.78, 5) is 30.8. The van der Waals surface area contributed by atoms with Crippen LogP contribution in [0.2, 0.25) is 0 Å². The molecule has 0 bridgehead atoms. The van der Waals surface area contributed by atoms with E-state index in [4.69, 9.17) is 0 Å². The molecule has 2 amide bonds. The van der Waals surface area contributed by atoms with Gasteiger partial charge in [-0.15, -0.1) is 11.3 Å². The van der Waals surface area contributed by atoms with Crippen LogP contribution in [0.5, 0.6) is 0 Å². The zero-order valence-corrected chi connectivity index (χ0v) is 16.4. The third-order valence-electron chi connectivity index (χ3n) is 4.94. The summed E-state index contributed by atoms with van der Waals surface area (Å²) in [6, 6.07) is 2.92. The van der Waals surface area contributed by atoms with Gasteiger partial charge in [0.25, 0.3) is 5.91 Å². The van der Waals surface area contributed by atoms with Crippen molar-refractivity contribution < 1.29 is 18.4 Å². The predicted molar refractivity (Wildman–Crippen MR) is 100 cm³/mol. The monoisotopic (exact) mass is 393 g/mol. The van der Waals surface area contributed by atoms with E-state index in [0.29, 0.717) is 4.88 Å². The Bertz CT molecular complexity index is 890. The summed E-state index contributed by atoms with van der Waals surface area (Å²) >= 11 is 1.13. The molecule has 1 fully saturated rings. The van der Waals surface area contributed by atoms with Crippen molar-refractivity contribution in [2.75, 3.05) is 4.90 Å². The van der Waals surface area contributed by atoms with Gasteiger partial charge in [-0.2, -0.15) is 0 Å². The van der Waals surface area contributed by atoms with Gasteiger partial charge in [0.2, 0.25) is 5.91 Å². The summed E-state index contributed by atoms with van der Waals surface area (Å²) in [6.45, 7) is 7.19. The number of aromatic nitrogens is 1. The van der Waals surface area contributed by atoms with Crippen molar-refractivity contribution in [3.05, 3.63) is 40.4 Å². The molecule has 1 aromatic heterocycles. The van der Waals surface area contributed by atoms with Gasteiger partial charge in [-0.1, -0.05) is 13.8 Å². The number of carbonyl (C=O) groups is 2. The largest absolute Gasteiger partial charge is 0.347 e. The number of nitrogens with zero attached hydrogens (tertiary/aromatic N) is 2. The molecule has 0 aliphatic heterocycles. The van der Waals surface area contributed by atoms with Gasteiger partial charge in [0.15, 0.2) is 5.13 Å². The number of anilines is 2. The Labute approximate surface area is 160 Å². The van der Waals surface area contributed by atoms with Gasteiger partial charge in [0, 0.05) is 23.9 Å². The van der Waals surface area contributed by atoms with Crippen molar-refractivity contribution >= 4 is 34.0 Å². The molecule has 1 aliphatic rings. The Kier molecular flexibility index (Phi) is 5.03. The topological polar surface area (TPSA) is 62.3 Å². The van der Waals surface area contributed by atoms with Gasteiger partial charge in [-0.05, 0) is 37.3 Å². The normalized spacial score (nSPS) is 17.9. The van der Waals surface area contributed by atoms with E-state index in [1.807, 2.05) is 0 Å². The lowest BCUT2D eigenvalue weighted by Crippen LogP contribution is -2.52. The maximum atomic E-state index is 13.6. The van der Waals surface area contributed by atoms with Gasteiger partial charge in [-0.25, -0.2) is 13.8 Å². The van der Waals surface area contributed by atoms with Crippen LogP contribution in [-0.4, -0.2) is 22.8 Å². The number of hydrogen-bond acceptors (Lipinski definition) is 4. The average molecular weight is 393 g/mol. The van der Waals surface area contributed by atoms with E-state index < -0.39 is 17.5 Å². The van der Waals surface area contributed by atoms with E-state index >= 15 is 0 Å². The third kappa shape index (κ3) is 3.85. The Morgan fingerprint density at radius 3 is 2.37 bits per heavy atom. The number of hydrogen-bond donors (Lipinski definition) is 1. The van der Waals surface area contributed by atoms with Gasteiger partial charge in [0.05, 0.1) is 5.69 Å². The molecule has 0 unspecified atom stereocenters. The summed E-state index contributed by atoms with van der Waals surface area (Å²) in [7, 11) is 0. The smallest absolute Gasteiger partial charge is 0.271 e. The lowest BCUT2D eigenvalue weighted by atomic mass is 9.67. The van der Waals surface area contributed by atoms with Crippen LogP contribution in [0.1, 0.15) is 49.0 Å². The van der Waals surface area contributed by atoms with Crippen LogP contribution in [0, 0.1) is 24.0 Å². The second kappa shape index (κ2) is 6.99. The molecule has 5 nitrogen and oxygen atoms in total. The van der Waals surface area contributed by atoms with Crippen LogP contribution in [0.3, 0.4) is 0 Å². The Morgan fingerprint density at radius 2 is 1.89 bits per heavy atom. The Balaban J connectivity index is 1.91. The van der Waals surface area contributed by atoms with Gasteiger partial charge in [0.1, 0.15) is 17.3 Å². The zero-order valence-electron chi connectivity index (χ0n) is 15.6. The molecule has 1 N–H and O–H groups in total. The number of carbonyl (C=O) groups excluding carboxylic acids is 2. The fourth-order valence-electron chi connectivity index (χ4n) is 3.14. The maximum absolute atomic E-state index is 13.6. The highest BCUT2D eigenvalue weighted by Crippen LogP contribution is 2.40. The summed E-state index contributed by atoms with van der Waals surface area (Å²) in [5.41, 5.74) is 0.300. The standard InChI is InChI=1S/C19H21F2N3O2S/c1-10-16(17(26)22-15-5-6-19(15,3)4)23-18(27-10)24(11(2)25)14-8-12(20)7-13(21)9-14/h7-9,15H,5-6H2,1-4H3,(H,22,26)/t15-/m1/s1. The Morgan fingerprint density at radius 1 is 1.26 bits per heavy atom. The number of benzene rings is 1. The first-order valence-electron chi connectivity index (χ1n) is 8.63. The number of halogens is 2. The molecular weight excluding hydrogens is 372 g/mol. The van der Waals surface area contributed by atoms with Crippen molar-refractivity contribution in [3.63, 3.8) is 0 Å². The van der Waals surface area contributed by atoms with Gasteiger partial charge < -0.3 is 5.32 Å². The van der Waals surface area contributed by atoms with Crippen LogP contribution in [0.25, 0.3) is 0 Å². The summed E-state index contributed by atoms with van der Waals surface area (Å²) in [5, 5.41) is 3.18. The molecular formula is C19H21F2N3O2S. The first-order valence-corrected chi connectivity index (χ1v) is 9.45. The summed E-state index contributed by atoms with van der Waals surface area (Å²) in [5.74, 6) is -2.35. The highest BCUT2D eigenvalue weighted by atomic mass is 32.1. The fourth-order valence-corrected chi connectivity index (χ4v) is 4.12. The number of rotatable bonds is 4. The van der Waals surface area contributed by atoms with E-state index in [0.717, 1.165) is 47.3 Å². The van der Waals surface area contributed by atoms with Crippen molar-refractivity contribution in [2.24, 2.45) is 5.41 Å². The first kappa shape index (κ1) is 19.4. The van der Waals surface area contributed by atoms with E-state index in [1.54, 1.807) is 6.92 Å². The van der Waals surface area contributed by atoms with Crippen molar-refractivity contribution in [2.45, 2.75) is 46.6 Å². The summed E-state index contributed by atoms with van der Waals surface area (Å²) < 4.78 is 27.2. The minimum absolute atomic E-state index is 0.0286. The highest BCUT2D eigenvalue weighted by molar-refractivity contribution is 7.16. The molecule has 1 saturated carbocycles. The van der Waals surface area contributed by atoms with Crippen molar-refractivity contribution in [1.82, 2.24) is 10.3 Å². The molecule has 8 heteroatoms. The first-order chi connectivity index (χ1) is 12.6. The molecule has 0 radical (unpaired) electrons. The van der Waals surface area contributed by atoms with Gasteiger partial charge in [-0.3, -0.25) is 14.5 Å². The molecule has 3 rings (SSSR count). The quantitative estimate of drug-likeness (QED) is 0.841. The van der Waals surface area contributed by atoms with Crippen LogP contribution in [0.4, 0.5) is 19.6 Å². The number of aryl methyl sites for hydroxylation is 1. The SMILES string of the molecule is CC(=O)N(c1cc(F)cc(F)c1)c1nc(C(=O)N[C@@H]2CCC2(C)C)c(C)s1. The molecule has 27 heavy (non-hydrogen) atoms. The van der Waals surface area contributed by atoms with Crippen molar-refractivity contribution in [3.8, 4) is 0 Å². The molecule has 0 saturated heterocycles. The lowest BCUT2D eigenvalue weighted by Gasteiger charge is -2.44. The van der Waals surface area contributed by atoms with E-state index in [1.165, 1.54) is 6.92 Å². The van der Waals surface area contributed by atoms with Gasteiger partial charge >= 0.3 is 0 Å². The summed E-state index contributed by atoms with van der Waals surface area (Å²) in [6.07, 6.45) is 1.96. The van der Waals surface area contributed by atoms with Crippen LogP contribution < -0.4 is 10.2 Å². The minimum atomic E-state index is -0.797. The van der Waals surface area contributed by atoms with E-state index in [2.05, 4.69) is 24.1 Å². The number of thiazole rings is 1. The molecule has 1 aromatic carbocycles. The predicted octanol–water partition coefficient (Wildman–Crippen LogP) is 4.33. The molecule has 1 atom stereocenters. The van der Waals surface area contributed by atoms with Crippen molar-refractivity contribution in [1.29, 1.82) is 0 Å². The second-order valence-corrected chi connectivity index (χ2v) is 8.62. The number of amides is 2. The highest BCUT2D eigenvalue weighted by Gasteiger charge is 2.40. The average Bonchev–Trinajstić information content (AvgIpc) is 2.91. The molecule has 2 aromatic rings. The zero-order chi connectivity index (χ0) is 19.9. The molecule has 1 heterocycles.